The van der Waals surface area contributed by atoms with Crippen molar-refractivity contribution in [1.29, 1.82) is 5.41 Å². The average Bonchev–Trinajstić information content (AvgIpc) is 3.68. The standard InChI is InChI=1S/C15H17N3O3S2.C14H15N3O2S2/c1-21-9-3-4-11(19)8(5-9)6-12(20)18-10-7-13(22-2)23-14(10)15(16)17;1-19-10-5-3-4-9(8-10)14(18)17-16-13(15)11-6-7-12(20-2)21-11/h3-5,7,19H,6H2,1-2H3,(H3,16,17)(H,18,20);3-8H,1-2H3,(H2,15,16)(H,17,18). The van der Waals surface area contributed by atoms with Crippen molar-refractivity contribution in [2.75, 3.05) is 32.0 Å². The Morgan fingerprint density at radius 3 is 2.30 bits per heavy atom. The molecule has 2 heterocycles. The molecular formula is C29H32N6O5S4. The van der Waals surface area contributed by atoms with Crippen LogP contribution >= 0.6 is 46.2 Å². The Morgan fingerprint density at radius 2 is 1.66 bits per heavy atom. The number of rotatable bonds is 11. The number of hydrazone groups is 1. The first-order valence-corrected chi connectivity index (χ1v) is 16.8. The van der Waals surface area contributed by atoms with Crippen LogP contribution in [0.2, 0.25) is 0 Å². The maximum Gasteiger partial charge on any atom is 0.271 e. The zero-order chi connectivity index (χ0) is 32.2. The van der Waals surface area contributed by atoms with Crippen molar-refractivity contribution >= 4 is 75.4 Å². The largest absolute Gasteiger partial charge is 0.508 e. The highest BCUT2D eigenvalue weighted by molar-refractivity contribution is 8.00. The number of hydrogen-bond acceptors (Lipinski definition) is 11. The summed E-state index contributed by atoms with van der Waals surface area (Å²) in [7, 11) is 3.07. The third kappa shape index (κ3) is 9.67. The van der Waals surface area contributed by atoms with Crippen LogP contribution in [0.15, 0.2) is 74.2 Å². The minimum absolute atomic E-state index is 0.00910. The summed E-state index contributed by atoms with van der Waals surface area (Å²) in [6, 6.07) is 17.2. The average molecular weight is 673 g/mol. The maximum atomic E-state index is 12.2. The molecule has 4 rings (SSSR count). The van der Waals surface area contributed by atoms with Crippen LogP contribution in [0.25, 0.3) is 0 Å². The number of aromatic hydroxyl groups is 1. The Morgan fingerprint density at radius 1 is 0.955 bits per heavy atom. The predicted molar refractivity (Wildman–Crippen MR) is 181 cm³/mol. The fraction of sp³-hybridized carbons (Fsp3) is 0.172. The first-order chi connectivity index (χ1) is 21.1. The van der Waals surface area contributed by atoms with Crippen LogP contribution in [0.4, 0.5) is 5.69 Å². The van der Waals surface area contributed by atoms with Crippen LogP contribution in [0.5, 0.6) is 17.2 Å². The summed E-state index contributed by atoms with van der Waals surface area (Å²) in [6.07, 6.45) is 3.90. The number of nitrogens with zero attached hydrogens (tertiary/aromatic N) is 1. The van der Waals surface area contributed by atoms with Crippen LogP contribution in [0, 0.1) is 5.41 Å². The molecule has 44 heavy (non-hydrogen) atoms. The quantitative estimate of drug-likeness (QED) is 0.0541. The molecule has 2 aromatic heterocycles. The van der Waals surface area contributed by atoms with Crippen LogP contribution in [0.1, 0.15) is 25.7 Å². The van der Waals surface area contributed by atoms with E-state index in [9.17, 15) is 14.7 Å². The number of ether oxygens (including phenoxy) is 2. The summed E-state index contributed by atoms with van der Waals surface area (Å²) in [4.78, 5) is 25.6. The lowest BCUT2D eigenvalue weighted by Gasteiger charge is -2.08. The summed E-state index contributed by atoms with van der Waals surface area (Å²) < 4.78 is 12.3. The third-order valence-electron chi connectivity index (χ3n) is 5.71. The number of thiophene rings is 2. The molecule has 15 heteroatoms. The smallest absolute Gasteiger partial charge is 0.271 e. The van der Waals surface area contributed by atoms with Gasteiger partial charge in [0.1, 0.15) is 23.1 Å². The van der Waals surface area contributed by atoms with E-state index in [4.69, 9.17) is 26.4 Å². The Bertz CT molecular complexity index is 1650. The number of nitrogens with two attached hydrogens (primary N) is 2. The molecule has 8 N–H and O–H groups in total. The summed E-state index contributed by atoms with van der Waals surface area (Å²) in [5.74, 6) is 0.770. The van der Waals surface area contributed by atoms with Gasteiger partial charge in [0, 0.05) is 11.1 Å². The van der Waals surface area contributed by atoms with Gasteiger partial charge in [-0.15, -0.1) is 46.2 Å². The SMILES string of the molecule is COc1ccc(O)c(CC(=O)Nc2cc(SC)sc2C(=N)N)c1.COc1cccc(C(=O)NN=C(N)c2ccc(SC)s2)c1. The van der Waals surface area contributed by atoms with Crippen LogP contribution in [-0.4, -0.2) is 55.3 Å². The van der Waals surface area contributed by atoms with Gasteiger partial charge in [-0.25, -0.2) is 5.43 Å². The van der Waals surface area contributed by atoms with E-state index in [1.165, 1.54) is 47.6 Å². The molecule has 232 valence electrons. The highest BCUT2D eigenvalue weighted by Gasteiger charge is 2.16. The van der Waals surface area contributed by atoms with Gasteiger partial charge < -0.3 is 31.4 Å². The number of nitrogen functional groups attached to an aromatic ring is 1. The lowest BCUT2D eigenvalue weighted by Crippen LogP contribution is -2.23. The van der Waals surface area contributed by atoms with Gasteiger partial charge in [0.15, 0.2) is 5.84 Å². The minimum atomic E-state index is -0.335. The fourth-order valence-corrected chi connectivity index (χ4v) is 6.50. The highest BCUT2D eigenvalue weighted by Crippen LogP contribution is 2.33. The number of carbonyl (C=O) groups excluding carboxylic acids is 2. The number of methoxy groups -OCH3 is 2. The molecule has 0 bridgehead atoms. The second-order valence-electron chi connectivity index (χ2n) is 8.64. The van der Waals surface area contributed by atoms with Gasteiger partial charge in [0.05, 0.1) is 44.5 Å². The van der Waals surface area contributed by atoms with Gasteiger partial charge in [-0.05, 0) is 67.1 Å². The number of phenolic OH excluding ortho intramolecular Hbond substituents is 1. The number of thioether (sulfide) groups is 2. The number of amidine groups is 2. The zero-order valence-corrected chi connectivity index (χ0v) is 27.6. The molecule has 0 spiro atoms. The molecule has 2 amide bonds. The van der Waals surface area contributed by atoms with Crippen molar-refractivity contribution < 1.29 is 24.2 Å². The molecule has 0 atom stereocenters. The van der Waals surface area contributed by atoms with Gasteiger partial charge in [-0.1, -0.05) is 6.07 Å². The summed E-state index contributed by atoms with van der Waals surface area (Å²) in [6.45, 7) is 0. The minimum Gasteiger partial charge on any atom is -0.508 e. The molecule has 0 aliphatic rings. The lowest BCUT2D eigenvalue weighted by molar-refractivity contribution is -0.115. The number of benzene rings is 2. The van der Waals surface area contributed by atoms with Crippen molar-refractivity contribution in [2.45, 2.75) is 14.8 Å². The Kier molecular flexibility index (Phi) is 13.0. The number of amides is 2. The molecule has 0 saturated carbocycles. The topological polar surface area (TPSA) is 185 Å². The molecule has 4 aromatic rings. The van der Waals surface area contributed by atoms with E-state index in [0.717, 1.165) is 13.3 Å². The zero-order valence-electron chi connectivity index (χ0n) is 24.3. The highest BCUT2D eigenvalue weighted by atomic mass is 32.2. The second-order valence-corrected chi connectivity index (χ2v) is 13.0. The molecule has 0 fully saturated rings. The van der Waals surface area contributed by atoms with Crippen LogP contribution < -0.4 is 31.7 Å². The molecule has 0 radical (unpaired) electrons. The van der Waals surface area contributed by atoms with E-state index in [1.54, 1.807) is 61.3 Å². The third-order valence-corrected chi connectivity index (χ3v) is 10.1. The molecule has 0 unspecified atom stereocenters. The first kappa shape index (κ1) is 34.3. The number of anilines is 1. The molecule has 0 aliphatic carbocycles. The van der Waals surface area contributed by atoms with E-state index in [1.807, 2.05) is 24.6 Å². The number of nitrogens with one attached hydrogen (secondary N) is 3. The van der Waals surface area contributed by atoms with Crippen molar-refractivity contribution in [2.24, 2.45) is 16.6 Å². The van der Waals surface area contributed by atoms with E-state index in [2.05, 4.69) is 15.8 Å². The summed E-state index contributed by atoms with van der Waals surface area (Å²) >= 11 is 6.04. The van der Waals surface area contributed by atoms with Gasteiger partial charge in [0.25, 0.3) is 5.91 Å². The van der Waals surface area contributed by atoms with E-state index in [0.29, 0.717) is 33.2 Å². The Hall–Kier alpha value is -4.18. The first-order valence-electron chi connectivity index (χ1n) is 12.7. The van der Waals surface area contributed by atoms with Gasteiger partial charge in [0.2, 0.25) is 5.91 Å². The Balaban J connectivity index is 0.000000241. The lowest BCUT2D eigenvalue weighted by atomic mass is 10.1. The maximum absolute atomic E-state index is 12.2. The van der Waals surface area contributed by atoms with Gasteiger partial charge >= 0.3 is 0 Å². The second kappa shape index (κ2) is 16.6. The Labute approximate surface area is 271 Å². The molecular weight excluding hydrogens is 641 g/mol. The predicted octanol–water partition coefficient (Wildman–Crippen LogP) is 5.18. The molecule has 2 aromatic carbocycles. The number of phenols is 1. The van der Waals surface area contributed by atoms with Crippen molar-refractivity contribution in [3.8, 4) is 17.2 Å². The molecule has 11 nitrogen and oxygen atoms in total. The number of hydrogen-bond donors (Lipinski definition) is 6. The van der Waals surface area contributed by atoms with Gasteiger partial charge in [-0.2, -0.15) is 5.10 Å². The van der Waals surface area contributed by atoms with Crippen molar-refractivity contribution in [3.63, 3.8) is 0 Å². The summed E-state index contributed by atoms with van der Waals surface area (Å²) in [5, 5.41) is 24.1. The van der Waals surface area contributed by atoms with E-state index < -0.39 is 0 Å². The van der Waals surface area contributed by atoms with Crippen molar-refractivity contribution in [1.82, 2.24) is 5.43 Å². The molecule has 0 saturated heterocycles. The summed E-state index contributed by atoms with van der Waals surface area (Å²) in [5.41, 5.74) is 15.3. The monoisotopic (exact) mass is 672 g/mol. The van der Waals surface area contributed by atoms with E-state index >= 15 is 0 Å². The molecule has 0 aliphatic heterocycles. The normalized spacial score (nSPS) is 10.8. The fourth-order valence-electron chi connectivity index (χ4n) is 3.52. The van der Waals surface area contributed by atoms with E-state index in [-0.39, 0.29) is 35.7 Å². The number of carbonyl (C=O) groups is 2. The van der Waals surface area contributed by atoms with Crippen LogP contribution in [-0.2, 0) is 11.2 Å². The van der Waals surface area contributed by atoms with Gasteiger partial charge in [-0.3, -0.25) is 15.0 Å². The van der Waals surface area contributed by atoms with Crippen LogP contribution in [0.3, 0.4) is 0 Å². The van der Waals surface area contributed by atoms with Crippen molar-refractivity contribution in [3.05, 3.63) is 81.5 Å².